The third-order valence-corrected chi connectivity index (χ3v) is 6.80. The molecule has 1 aliphatic carbocycles. The Labute approximate surface area is 207 Å². The van der Waals surface area contributed by atoms with Crippen LogP contribution in [0.2, 0.25) is 0 Å². The molecule has 0 radical (unpaired) electrons. The zero-order valence-corrected chi connectivity index (χ0v) is 20.7. The van der Waals surface area contributed by atoms with Crippen LogP contribution in [0.3, 0.4) is 0 Å². The van der Waals surface area contributed by atoms with Gasteiger partial charge in [-0.3, -0.25) is 9.59 Å². The molecule has 2 aliphatic rings. The summed E-state index contributed by atoms with van der Waals surface area (Å²) in [5.41, 5.74) is 0.716. The maximum atomic E-state index is 13.6. The Kier molecular flexibility index (Phi) is 8.15. The van der Waals surface area contributed by atoms with Crippen LogP contribution in [0.15, 0.2) is 53.0 Å². The van der Waals surface area contributed by atoms with Crippen molar-refractivity contribution in [1.82, 2.24) is 10.2 Å². The van der Waals surface area contributed by atoms with Crippen LogP contribution in [-0.4, -0.2) is 47.9 Å². The van der Waals surface area contributed by atoms with E-state index in [1.807, 2.05) is 48.5 Å². The van der Waals surface area contributed by atoms with Crippen molar-refractivity contribution in [2.45, 2.75) is 50.3 Å². The molecular formula is C25H28BrClN2O4. The van der Waals surface area contributed by atoms with Gasteiger partial charge in [-0.25, -0.2) is 0 Å². The summed E-state index contributed by atoms with van der Waals surface area (Å²) in [6, 6.07) is 14.2. The number of ether oxygens (including phenoxy) is 2. The van der Waals surface area contributed by atoms with Gasteiger partial charge in [0.2, 0.25) is 11.8 Å². The molecule has 1 fully saturated rings. The van der Waals surface area contributed by atoms with E-state index in [1.165, 1.54) is 11.3 Å². The van der Waals surface area contributed by atoms with Gasteiger partial charge in [0.05, 0.1) is 6.54 Å². The smallest absolute Gasteiger partial charge is 0.247 e. The SMILES string of the molecule is O=C(NC1CCCCC1)C(c1cccc(Br)c1)N(CC1COc2ccccc2O1)C(=O)CCl. The third-order valence-electron chi connectivity index (χ3n) is 6.08. The number of nitrogens with one attached hydrogen (secondary N) is 1. The number of fused-ring (bicyclic) bond motifs is 1. The number of nitrogens with zero attached hydrogens (tertiary/aromatic N) is 1. The van der Waals surface area contributed by atoms with E-state index in [-0.39, 0.29) is 36.9 Å². The predicted molar refractivity (Wildman–Crippen MR) is 131 cm³/mol. The van der Waals surface area contributed by atoms with Crippen LogP contribution >= 0.6 is 27.5 Å². The monoisotopic (exact) mass is 534 g/mol. The molecule has 33 heavy (non-hydrogen) atoms. The van der Waals surface area contributed by atoms with Crippen LogP contribution in [0, 0.1) is 0 Å². The summed E-state index contributed by atoms with van der Waals surface area (Å²) in [7, 11) is 0. The lowest BCUT2D eigenvalue weighted by Crippen LogP contribution is -2.51. The molecule has 1 saturated carbocycles. The number of hydrogen-bond acceptors (Lipinski definition) is 4. The zero-order chi connectivity index (χ0) is 23.2. The highest BCUT2D eigenvalue weighted by molar-refractivity contribution is 9.10. The lowest BCUT2D eigenvalue weighted by molar-refractivity contribution is -0.141. The minimum absolute atomic E-state index is 0.120. The molecule has 2 atom stereocenters. The van der Waals surface area contributed by atoms with Gasteiger partial charge in [0, 0.05) is 10.5 Å². The Morgan fingerprint density at radius 2 is 1.85 bits per heavy atom. The predicted octanol–water partition coefficient (Wildman–Crippen LogP) is 4.85. The first-order valence-electron chi connectivity index (χ1n) is 11.3. The molecule has 1 N–H and O–H groups in total. The molecule has 4 rings (SSSR count). The number of carbonyl (C=O) groups excluding carboxylic acids is 2. The molecule has 176 valence electrons. The van der Waals surface area contributed by atoms with Crippen molar-refractivity contribution >= 4 is 39.3 Å². The summed E-state index contributed by atoms with van der Waals surface area (Å²) in [6.07, 6.45) is 4.88. The van der Waals surface area contributed by atoms with Gasteiger partial charge >= 0.3 is 0 Å². The van der Waals surface area contributed by atoms with Crippen LogP contribution in [0.4, 0.5) is 0 Å². The number of halogens is 2. The Hall–Kier alpha value is -2.25. The van der Waals surface area contributed by atoms with Crippen LogP contribution in [0.25, 0.3) is 0 Å². The van der Waals surface area contributed by atoms with Crippen LogP contribution in [0.5, 0.6) is 11.5 Å². The fourth-order valence-corrected chi connectivity index (χ4v) is 5.05. The van der Waals surface area contributed by atoms with Gasteiger partial charge in [-0.1, -0.05) is 59.5 Å². The number of amides is 2. The number of hydrogen-bond donors (Lipinski definition) is 1. The summed E-state index contributed by atoms with van der Waals surface area (Å²) in [5.74, 6) is 0.532. The lowest BCUT2D eigenvalue weighted by atomic mass is 9.94. The molecule has 0 aromatic heterocycles. The largest absolute Gasteiger partial charge is 0.486 e. The maximum Gasteiger partial charge on any atom is 0.247 e. The van der Waals surface area contributed by atoms with E-state index >= 15 is 0 Å². The van der Waals surface area contributed by atoms with E-state index in [9.17, 15) is 9.59 Å². The number of rotatable bonds is 7. The van der Waals surface area contributed by atoms with E-state index in [0.717, 1.165) is 30.2 Å². The molecule has 2 aromatic carbocycles. The Balaban J connectivity index is 1.60. The highest BCUT2D eigenvalue weighted by Crippen LogP contribution is 2.32. The van der Waals surface area contributed by atoms with E-state index < -0.39 is 12.1 Å². The van der Waals surface area contributed by atoms with Crippen molar-refractivity contribution in [1.29, 1.82) is 0 Å². The number of carbonyl (C=O) groups is 2. The van der Waals surface area contributed by atoms with Crippen molar-refractivity contribution < 1.29 is 19.1 Å². The van der Waals surface area contributed by atoms with Crippen LogP contribution in [0.1, 0.15) is 43.7 Å². The summed E-state index contributed by atoms with van der Waals surface area (Å²) in [6.45, 7) is 0.452. The van der Waals surface area contributed by atoms with Gasteiger partial charge in [0.25, 0.3) is 0 Å². The summed E-state index contributed by atoms with van der Waals surface area (Å²) in [4.78, 5) is 28.1. The average molecular weight is 536 g/mol. The van der Waals surface area contributed by atoms with Gasteiger partial charge in [-0.2, -0.15) is 0 Å². The highest BCUT2D eigenvalue weighted by atomic mass is 79.9. The molecular weight excluding hydrogens is 508 g/mol. The standard InChI is InChI=1S/C25H28BrClN2O4/c26-18-8-6-7-17(13-18)24(25(31)28-19-9-2-1-3-10-19)29(23(30)14-27)15-20-16-32-21-11-4-5-12-22(21)33-20/h4-8,11-13,19-20,24H,1-3,9-10,14-16H2,(H,28,31). The highest BCUT2D eigenvalue weighted by Gasteiger charge is 2.35. The van der Waals surface area contributed by atoms with Crippen molar-refractivity contribution in [3.05, 3.63) is 58.6 Å². The number of para-hydroxylation sites is 2. The second-order valence-electron chi connectivity index (χ2n) is 8.48. The topological polar surface area (TPSA) is 67.9 Å². The summed E-state index contributed by atoms with van der Waals surface area (Å²) in [5, 5.41) is 3.19. The zero-order valence-electron chi connectivity index (χ0n) is 18.3. The first kappa shape index (κ1) is 23.9. The quantitative estimate of drug-likeness (QED) is 0.515. The number of benzene rings is 2. The van der Waals surface area contributed by atoms with E-state index in [4.69, 9.17) is 21.1 Å². The minimum atomic E-state index is -0.823. The van der Waals surface area contributed by atoms with Crippen LogP contribution in [-0.2, 0) is 9.59 Å². The van der Waals surface area contributed by atoms with Crippen molar-refractivity contribution in [3.8, 4) is 11.5 Å². The van der Waals surface area contributed by atoms with Gasteiger partial charge in [0.1, 0.15) is 18.5 Å². The maximum absolute atomic E-state index is 13.6. The fourth-order valence-electron chi connectivity index (χ4n) is 4.48. The molecule has 1 heterocycles. The third kappa shape index (κ3) is 6.01. The first-order valence-corrected chi connectivity index (χ1v) is 12.7. The molecule has 1 aliphatic heterocycles. The van der Waals surface area contributed by atoms with Crippen molar-refractivity contribution in [2.75, 3.05) is 19.0 Å². The van der Waals surface area contributed by atoms with E-state index in [1.54, 1.807) is 0 Å². The van der Waals surface area contributed by atoms with Gasteiger partial charge in [-0.05, 0) is 42.7 Å². The normalized spacial score (nSPS) is 18.9. The first-order chi connectivity index (χ1) is 16.0. The molecule has 8 heteroatoms. The second-order valence-corrected chi connectivity index (χ2v) is 9.66. The molecule has 0 bridgehead atoms. The molecule has 0 spiro atoms. The minimum Gasteiger partial charge on any atom is -0.486 e. The van der Waals surface area contributed by atoms with Crippen LogP contribution < -0.4 is 14.8 Å². The fraction of sp³-hybridized carbons (Fsp3) is 0.440. The van der Waals surface area contributed by atoms with Crippen molar-refractivity contribution in [2.24, 2.45) is 0 Å². The molecule has 2 aromatic rings. The molecule has 2 unspecified atom stereocenters. The Morgan fingerprint density at radius 1 is 1.09 bits per heavy atom. The van der Waals surface area contributed by atoms with E-state index in [2.05, 4.69) is 21.2 Å². The molecule has 0 saturated heterocycles. The van der Waals surface area contributed by atoms with Gasteiger partial charge in [0.15, 0.2) is 17.6 Å². The molecule has 2 amide bonds. The molecule has 6 nitrogen and oxygen atoms in total. The number of alkyl halides is 1. The van der Waals surface area contributed by atoms with Gasteiger partial charge < -0.3 is 19.7 Å². The summed E-state index contributed by atoms with van der Waals surface area (Å²) >= 11 is 9.49. The Bertz CT molecular complexity index is 982. The second kappa shape index (κ2) is 11.3. The van der Waals surface area contributed by atoms with Gasteiger partial charge in [-0.15, -0.1) is 11.6 Å². The van der Waals surface area contributed by atoms with E-state index in [0.29, 0.717) is 17.1 Å². The van der Waals surface area contributed by atoms with Crippen molar-refractivity contribution in [3.63, 3.8) is 0 Å². The Morgan fingerprint density at radius 3 is 2.58 bits per heavy atom. The summed E-state index contributed by atoms with van der Waals surface area (Å²) < 4.78 is 12.8. The lowest BCUT2D eigenvalue weighted by Gasteiger charge is -2.36. The average Bonchev–Trinajstić information content (AvgIpc) is 2.83.